The molecular weight excluding hydrogens is 280 g/mol. The van der Waals surface area contributed by atoms with E-state index in [-0.39, 0.29) is 6.04 Å². The molecule has 1 N–H and O–H groups in total. The SMILES string of the molecule is CNC(c1cc(Br)cs1)c1nccs1. The molecule has 0 saturated heterocycles. The van der Waals surface area contributed by atoms with E-state index in [2.05, 4.69) is 37.7 Å². The molecule has 0 bridgehead atoms. The second-order valence-corrected chi connectivity index (χ2v) is 5.54. The Morgan fingerprint density at radius 1 is 1.50 bits per heavy atom. The zero-order chi connectivity index (χ0) is 9.97. The van der Waals surface area contributed by atoms with E-state index in [1.54, 1.807) is 22.7 Å². The predicted molar refractivity (Wildman–Crippen MR) is 65.0 cm³/mol. The third-order valence-electron chi connectivity index (χ3n) is 1.86. The number of thiophene rings is 1. The molecule has 0 saturated carbocycles. The summed E-state index contributed by atoms with van der Waals surface area (Å²) in [4.78, 5) is 5.61. The first-order valence-electron chi connectivity index (χ1n) is 4.12. The molecule has 2 nitrogen and oxygen atoms in total. The smallest absolute Gasteiger partial charge is 0.115 e. The Labute approximate surface area is 99.1 Å². The van der Waals surface area contributed by atoms with Gasteiger partial charge in [0.05, 0.1) is 6.04 Å². The minimum Gasteiger partial charge on any atom is -0.307 e. The maximum atomic E-state index is 4.32. The lowest BCUT2D eigenvalue weighted by Gasteiger charge is -2.10. The van der Waals surface area contributed by atoms with Crippen molar-refractivity contribution in [2.45, 2.75) is 6.04 Å². The van der Waals surface area contributed by atoms with Crippen LogP contribution in [-0.4, -0.2) is 12.0 Å². The molecule has 2 rings (SSSR count). The second-order valence-electron chi connectivity index (χ2n) is 2.76. The lowest BCUT2D eigenvalue weighted by Crippen LogP contribution is -2.15. The molecule has 2 aromatic heterocycles. The van der Waals surface area contributed by atoms with Crippen molar-refractivity contribution in [1.29, 1.82) is 0 Å². The highest BCUT2D eigenvalue weighted by Gasteiger charge is 2.15. The number of thiazole rings is 1. The number of nitrogens with zero attached hydrogens (tertiary/aromatic N) is 1. The largest absolute Gasteiger partial charge is 0.307 e. The molecular formula is C9H9BrN2S2. The number of aromatic nitrogens is 1. The summed E-state index contributed by atoms with van der Waals surface area (Å²) in [6.07, 6.45) is 1.84. The molecule has 0 radical (unpaired) electrons. The monoisotopic (exact) mass is 288 g/mol. The Bertz CT molecular complexity index is 397. The molecule has 5 heteroatoms. The van der Waals surface area contributed by atoms with Crippen LogP contribution in [0.1, 0.15) is 15.9 Å². The van der Waals surface area contributed by atoms with Crippen LogP contribution in [0.3, 0.4) is 0 Å². The summed E-state index contributed by atoms with van der Waals surface area (Å²) < 4.78 is 1.13. The molecule has 1 unspecified atom stereocenters. The minimum atomic E-state index is 0.228. The molecule has 2 aromatic rings. The van der Waals surface area contributed by atoms with Crippen LogP contribution in [0, 0.1) is 0 Å². The maximum absolute atomic E-state index is 4.32. The fourth-order valence-electron chi connectivity index (χ4n) is 1.24. The molecule has 0 amide bonds. The molecule has 0 fully saturated rings. The number of hydrogen-bond acceptors (Lipinski definition) is 4. The number of halogens is 1. The van der Waals surface area contributed by atoms with E-state index < -0.39 is 0 Å². The third kappa shape index (κ3) is 2.06. The highest BCUT2D eigenvalue weighted by atomic mass is 79.9. The predicted octanol–water partition coefficient (Wildman–Crippen LogP) is 3.28. The van der Waals surface area contributed by atoms with Gasteiger partial charge in [-0.3, -0.25) is 0 Å². The van der Waals surface area contributed by atoms with Crippen molar-refractivity contribution in [3.8, 4) is 0 Å². The van der Waals surface area contributed by atoms with Crippen LogP contribution in [0.25, 0.3) is 0 Å². The lowest BCUT2D eigenvalue weighted by atomic mass is 10.2. The van der Waals surface area contributed by atoms with Crippen LogP contribution < -0.4 is 5.32 Å². The molecule has 0 aliphatic rings. The topological polar surface area (TPSA) is 24.9 Å². The van der Waals surface area contributed by atoms with Crippen LogP contribution in [-0.2, 0) is 0 Å². The van der Waals surface area contributed by atoms with Crippen molar-refractivity contribution >= 4 is 38.6 Å². The Kier molecular flexibility index (Phi) is 3.33. The van der Waals surface area contributed by atoms with E-state index in [1.807, 2.05) is 18.6 Å². The van der Waals surface area contributed by atoms with Gasteiger partial charge >= 0.3 is 0 Å². The first-order chi connectivity index (χ1) is 6.81. The second kappa shape index (κ2) is 4.53. The molecule has 0 aliphatic heterocycles. The van der Waals surface area contributed by atoms with Crippen molar-refractivity contribution < 1.29 is 0 Å². The Hall–Kier alpha value is -0.230. The normalized spacial score (nSPS) is 13.0. The lowest BCUT2D eigenvalue weighted by molar-refractivity contribution is 0.698. The average Bonchev–Trinajstić information content (AvgIpc) is 2.79. The van der Waals surface area contributed by atoms with Gasteiger partial charge in [0, 0.05) is 26.3 Å². The molecule has 0 aromatic carbocycles. The van der Waals surface area contributed by atoms with Gasteiger partial charge in [0.1, 0.15) is 5.01 Å². The highest BCUT2D eigenvalue weighted by Crippen LogP contribution is 2.30. The standard InChI is InChI=1S/C9H9BrN2S2/c1-11-8(9-12-2-3-13-9)7-4-6(10)5-14-7/h2-5,8,11H,1H3. The molecule has 2 heterocycles. The van der Waals surface area contributed by atoms with Crippen LogP contribution in [0.5, 0.6) is 0 Å². The van der Waals surface area contributed by atoms with E-state index in [9.17, 15) is 0 Å². The van der Waals surface area contributed by atoms with Gasteiger partial charge in [-0.15, -0.1) is 22.7 Å². The fourth-order valence-corrected chi connectivity index (χ4v) is 3.64. The first kappa shape index (κ1) is 10.3. The summed E-state index contributed by atoms with van der Waals surface area (Å²) in [6, 6.07) is 2.36. The minimum absolute atomic E-state index is 0.228. The van der Waals surface area contributed by atoms with E-state index >= 15 is 0 Å². The molecule has 0 aliphatic carbocycles. The third-order valence-corrected chi connectivity index (χ3v) is 4.46. The zero-order valence-corrected chi connectivity index (χ0v) is 10.7. The van der Waals surface area contributed by atoms with Crippen molar-refractivity contribution in [2.24, 2.45) is 0 Å². The highest BCUT2D eigenvalue weighted by molar-refractivity contribution is 9.10. The summed E-state index contributed by atoms with van der Waals surface area (Å²) in [7, 11) is 1.96. The van der Waals surface area contributed by atoms with Gasteiger partial charge in [0.15, 0.2) is 0 Å². The molecule has 0 spiro atoms. The summed E-state index contributed by atoms with van der Waals surface area (Å²) in [5.41, 5.74) is 0. The van der Waals surface area contributed by atoms with Crippen molar-refractivity contribution in [1.82, 2.24) is 10.3 Å². The Morgan fingerprint density at radius 3 is 2.86 bits per heavy atom. The van der Waals surface area contributed by atoms with E-state index in [4.69, 9.17) is 0 Å². The number of nitrogens with one attached hydrogen (secondary N) is 1. The van der Waals surface area contributed by atoms with E-state index in [1.165, 1.54) is 4.88 Å². The van der Waals surface area contributed by atoms with Gasteiger partial charge in [0.2, 0.25) is 0 Å². The van der Waals surface area contributed by atoms with E-state index in [0.29, 0.717) is 0 Å². The van der Waals surface area contributed by atoms with Crippen LogP contribution in [0.2, 0.25) is 0 Å². The van der Waals surface area contributed by atoms with E-state index in [0.717, 1.165) is 9.48 Å². The van der Waals surface area contributed by atoms with Gasteiger partial charge in [-0.1, -0.05) is 0 Å². The van der Waals surface area contributed by atoms with Gasteiger partial charge in [-0.05, 0) is 29.0 Å². The van der Waals surface area contributed by atoms with Gasteiger partial charge in [0.25, 0.3) is 0 Å². The van der Waals surface area contributed by atoms with Crippen LogP contribution in [0.15, 0.2) is 27.5 Å². The first-order valence-corrected chi connectivity index (χ1v) is 6.67. The quantitative estimate of drug-likeness (QED) is 0.938. The Balaban J connectivity index is 2.31. The summed E-state index contributed by atoms with van der Waals surface area (Å²) in [6.45, 7) is 0. The van der Waals surface area contributed by atoms with Crippen molar-refractivity contribution in [3.05, 3.63) is 37.4 Å². The summed E-state index contributed by atoms with van der Waals surface area (Å²) >= 11 is 6.87. The number of rotatable bonds is 3. The van der Waals surface area contributed by atoms with Crippen molar-refractivity contribution in [2.75, 3.05) is 7.05 Å². The molecule has 14 heavy (non-hydrogen) atoms. The maximum Gasteiger partial charge on any atom is 0.115 e. The van der Waals surface area contributed by atoms with Gasteiger partial charge in [-0.25, -0.2) is 4.98 Å². The fraction of sp³-hybridized carbons (Fsp3) is 0.222. The zero-order valence-electron chi connectivity index (χ0n) is 7.53. The summed E-state index contributed by atoms with van der Waals surface area (Å²) in [5, 5.41) is 8.48. The van der Waals surface area contributed by atoms with Crippen LogP contribution >= 0.6 is 38.6 Å². The Morgan fingerprint density at radius 2 is 2.36 bits per heavy atom. The van der Waals surface area contributed by atoms with Gasteiger partial charge < -0.3 is 5.32 Å². The van der Waals surface area contributed by atoms with Gasteiger partial charge in [-0.2, -0.15) is 0 Å². The van der Waals surface area contributed by atoms with Crippen molar-refractivity contribution in [3.63, 3.8) is 0 Å². The average molecular weight is 289 g/mol. The molecule has 74 valence electrons. The van der Waals surface area contributed by atoms with Crippen LogP contribution in [0.4, 0.5) is 0 Å². The molecule has 1 atom stereocenters. The summed E-state index contributed by atoms with van der Waals surface area (Å²) in [5.74, 6) is 0. The number of hydrogen-bond donors (Lipinski definition) is 1.